The molecule has 0 saturated carbocycles. The first kappa shape index (κ1) is 58.9. The van der Waals surface area contributed by atoms with Gasteiger partial charge in [0.2, 0.25) is 5.91 Å². The van der Waals surface area contributed by atoms with Crippen LogP contribution >= 0.6 is 0 Å². The van der Waals surface area contributed by atoms with Gasteiger partial charge in [0.25, 0.3) is 0 Å². The molecule has 0 aliphatic carbocycles. The zero-order valence-electron chi connectivity index (χ0n) is 40.3. The van der Waals surface area contributed by atoms with E-state index >= 15 is 0 Å². The van der Waals surface area contributed by atoms with Gasteiger partial charge >= 0.3 is 0 Å². The number of aliphatic hydroxyl groups is 5. The van der Waals surface area contributed by atoms with E-state index in [1.54, 1.807) is 6.08 Å². The largest absolute Gasteiger partial charge is 0.394 e. The van der Waals surface area contributed by atoms with E-state index in [4.69, 9.17) is 9.47 Å². The summed E-state index contributed by atoms with van der Waals surface area (Å²) >= 11 is 0. The molecular formula is C54H97NO8. The number of carbonyl (C=O) groups is 1. The van der Waals surface area contributed by atoms with E-state index in [0.717, 1.165) is 57.8 Å². The SMILES string of the molecule is CCCCCCC/C=C\C/C=C\CCCCCCCCCCCCCC(=O)NC(COC1OC(CO)C(O)C(O)C1O)C(O)/C=C/CC/C=C/CC/C=C/CCCCCCCCC. The van der Waals surface area contributed by atoms with Crippen molar-refractivity contribution < 1.29 is 39.8 Å². The molecule has 1 rings (SSSR count). The van der Waals surface area contributed by atoms with E-state index in [1.807, 2.05) is 6.08 Å². The number of hydrogen-bond acceptors (Lipinski definition) is 8. The molecule has 1 amide bonds. The maximum Gasteiger partial charge on any atom is 0.220 e. The number of ether oxygens (including phenoxy) is 2. The molecule has 1 saturated heterocycles. The Morgan fingerprint density at radius 3 is 1.43 bits per heavy atom. The van der Waals surface area contributed by atoms with Crippen LogP contribution in [0.4, 0.5) is 0 Å². The topological polar surface area (TPSA) is 149 Å². The molecule has 1 aliphatic heterocycles. The van der Waals surface area contributed by atoms with Gasteiger partial charge in [0.1, 0.15) is 24.4 Å². The van der Waals surface area contributed by atoms with Crippen molar-refractivity contribution in [2.45, 2.75) is 262 Å². The molecule has 9 nitrogen and oxygen atoms in total. The standard InChI is InChI=1S/C54H97NO8/c1-3-5-7-9-11-13-15-17-19-21-22-23-24-25-26-28-30-32-34-36-38-40-42-44-50(58)55-47(46-62-54-53(61)52(60)51(59)49(45-56)63-54)48(57)43-41-39-37-35-33-31-29-27-20-18-16-14-12-10-8-6-4-2/h15,17,20-22,27,33,35,41,43,47-49,51-54,56-57,59-61H,3-14,16,18-19,23-26,28-32,34,36-40,42,44-46H2,1-2H3,(H,55,58)/b17-15-,22-21-,27-20+,35-33+,43-41+. The van der Waals surface area contributed by atoms with Crippen molar-refractivity contribution in [1.82, 2.24) is 5.32 Å². The summed E-state index contributed by atoms with van der Waals surface area (Å²) in [5.41, 5.74) is 0. The third kappa shape index (κ3) is 33.9. The minimum absolute atomic E-state index is 0.194. The molecule has 0 bridgehead atoms. The molecule has 0 aromatic rings. The van der Waals surface area contributed by atoms with E-state index in [2.05, 4.69) is 67.8 Å². The predicted octanol–water partition coefficient (Wildman–Crippen LogP) is 12.0. The van der Waals surface area contributed by atoms with Crippen molar-refractivity contribution in [1.29, 1.82) is 0 Å². The van der Waals surface area contributed by atoms with Gasteiger partial charge in [0, 0.05) is 6.42 Å². The summed E-state index contributed by atoms with van der Waals surface area (Å²) in [5, 5.41) is 54.3. The lowest BCUT2D eigenvalue weighted by atomic mass is 9.99. The number of carbonyl (C=O) groups excluding carboxylic acids is 1. The number of nitrogens with one attached hydrogen (secondary N) is 1. The summed E-state index contributed by atoms with van der Waals surface area (Å²) in [4.78, 5) is 13.0. The zero-order chi connectivity index (χ0) is 45.9. The van der Waals surface area contributed by atoms with Gasteiger partial charge < -0.3 is 40.3 Å². The van der Waals surface area contributed by atoms with E-state index in [1.165, 1.54) is 141 Å². The molecular weight excluding hydrogens is 791 g/mol. The van der Waals surface area contributed by atoms with E-state index in [9.17, 15) is 30.3 Å². The molecule has 7 atom stereocenters. The Labute approximate surface area is 386 Å². The van der Waals surface area contributed by atoms with Crippen LogP contribution in [0.25, 0.3) is 0 Å². The quantitative estimate of drug-likeness (QED) is 0.0262. The van der Waals surface area contributed by atoms with E-state index in [-0.39, 0.29) is 12.5 Å². The van der Waals surface area contributed by atoms with Crippen molar-refractivity contribution >= 4 is 5.91 Å². The Morgan fingerprint density at radius 2 is 0.952 bits per heavy atom. The first-order valence-corrected chi connectivity index (χ1v) is 26.0. The minimum Gasteiger partial charge on any atom is -0.394 e. The van der Waals surface area contributed by atoms with Crippen molar-refractivity contribution in [2.24, 2.45) is 0 Å². The molecule has 1 heterocycles. The van der Waals surface area contributed by atoms with Gasteiger partial charge in [0.15, 0.2) is 6.29 Å². The van der Waals surface area contributed by atoms with Gasteiger partial charge in [-0.2, -0.15) is 0 Å². The first-order valence-electron chi connectivity index (χ1n) is 26.0. The Morgan fingerprint density at radius 1 is 0.540 bits per heavy atom. The molecule has 1 fully saturated rings. The Bertz CT molecular complexity index is 1170. The van der Waals surface area contributed by atoms with Gasteiger partial charge in [-0.05, 0) is 77.0 Å². The van der Waals surface area contributed by atoms with Crippen molar-refractivity contribution in [3.8, 4) is 0 Å². The summed E-state index contributed by atoms with van der Waals surface area (Å²) in [6.07, 6.45) is 51.2. The molecule has 9 heteroatoms. The lowest BCUT2D eigenvalue weighted by Gasteiger charge is -2.40. The molecule has 63 heavy (non-hydrogen) atoms. The van der Waals surface area contributed by atoms with Crippen LogP contribution in [-0.2, 0) is 14.3 Å². The smallest absolute Gasteiger partial charge is 0.220 e. The molecule has 7 unspecified atom stereocenters. The lowest BCUT2D eigenvalue weighted by molar-refractivity contribution is -0.302. The van der Waals surface area contributed by atoms with Crippen LogP contribution in [0, 0.1) is 0 Å². The van der Waals surface area contributed by atoms with Crippen LogP contribution < -0.4 is 5.32 Å². The molecule has 0 radical (unpaired) electrons. The van der Waals surface area contributed by atoms with Crippen LogP contribution in [0.1, 0.15) is 219 Å². The third-order valence-corrected chi connectivity index (χ3v) is 12.0. The summed E-state index contributed by atoms with van der Waals surface area (Å²) in [6.45, 7) is 3.74. The highest BCUT2D eigenvalue weighted by atomic mass is 16.7. The molecule has 0 aromatic carbocycles. The summed E-state index contributed by atoms with van der Waals surface area (Å²) < 4.78 is 11.2. The Balaban J connectivity index is 2.31. The summed E-state index contributed by atoms with van der Waals surface area (Å²) in [5.74, 6) is -0.194. The molecule has 6 N–H and O–H groups in total. The first-order chi connectivity index (χ1) is 30.8. The monoisotopic (exact) mass is 888 g/mol. The van der Waals surface area contributed by atoms with E-state index in [0.29, 0.717) is 6.42 Å². The number of amides is 1. The fourth-order valence-electron chi connectivity index (χ4n) is 7.86. The fourth-order valence-corrected chi connectivity index (χ4v) is 7.86. The third-order valence-electron chi connectivity index (χ3n) is 12.0. The van der Waals surface area contributed by atoms with Gasteiger partial charge in [0.05, 0.1) is 25.4 Å². The second-order valence-corrected chi connectivity index (χ2v) is 17.9. The average Bonchev–Trinajstić information content (AvgIpc) is 3.28. The molecule has 366 valence electrons. The minimum atomic E-state index is -1.58. The van der Waals surface area contributed by atoms with Crippen molar-refractivity contribution in [2.75, 3.05) is 13.2 Å². The average molecular weight is 888 g/mol. The van der Waals surface area contributed by atoms with Crippen LogP contribution in [0.2, 0.25) is 0 Å². The maximum absolute atomic E-state index is 13.0. The Hall–Kier alpha value is -2.11. The number of rotatable bonds is 43. The number of hydrogen-bond donors (Lipinski definition) is 6. The van der Waals surface area contributed by atoms with Gasteiger partial charge in [-0.1, -0.05) is 197 Å². The van der Waals surface area contributed by atoms with Gasteiger partial charge in [-0.15, -0.1) is 0 Å². The second kappa shape index (κ2) is 43.8. The highest BCUT2D eigenvalue weighted by Gasteiger charge is 2.44. The summed E-state index contributed by atoms with van der Waals surface area (Å²) in [6, 6.07) is -0.831. The number of allylic oxidation sites excluding steroid dienone is 9. The highest BCUT2D eigenvalue weighted by Crippen LogP contribution is 2.22. The van der Waals surface area contributed by atoms with Crippen molar-refractivity contribution in [3.63, 3.8) is 0 Å². The van der Waals surface area contributed by atoms with Crippen LogP contribution in [0.15, 0.2) is 60.8 Å². The normalized spacial score (nSPS) is 20.7. The lowest BCUT2D eigenvalue weighted by Crippen LogP contribution is -2.60. The van der Waals surface area contributed by atoms with Crippen LogP contribution in [0.3, 0.4) is 0 Å². The van der Waals surface area contributed by atoms with Crippen LogP contribution in [0.5, 0.6) is 0 Å². The van der Waals surface area contributed by atoms with E-state index < -0.39 is 49.5 Å². The number of unbranched alkanes of at least 4 members (excludes halogenated alkanes) is 25. The van der Waals surface area contributed by atoms with Gasteiger partial charge in [-0.3, -0.25) is 4.79 Å². The summed E-state index contributed by atoms with van der Waals surface area (Å²) in [7, 11) is 0. The molecule has 0 spiro atoms. The fraction of sp³-hybridized carbons (Fsp3) is 0.796. The highest BCUT2D eigenvalue weighted by molar-refractivity contribution is 5.76. The zero-order valence-corrected chi connectivity index (χ0v) is 40.3. The number of aliphatic hydroxyl groups excluding tert-OH is 5. The maximum atomic E-state index is 13.0. The Kier molecular flexibility index (Phi) is 40.9. The van der Waals surface area contributed by atoms with Crippen molar-refractivity contribution in [3.05, 3.63) is 60.8 Å². The van der Waals surface area contributed by atoms with Gasteiger partial charge in [-0.25, -0.2) is 0 Å². The predicted molar refractivity (Wildman–Crippen MR) is 262 cm³/mol. The molecule has 1 aliphatic rings. The second-order valence-electron chi connectivity index (χ2n) is 17.9. The van der Waals surface area contributed by atoms with Crippen LogP contribution in [-0.4, -0.2) is 87.5 Å². The molecule has 0 aromatic heterocycles.